The Kier molecular flexibility index (Phi) is 5.51. The first-order chi connectivity index (χ1) is 12.6. The Morgan fingerprint density at radius 2 is 1.63 bits per heavy atom. The summed E-state index contributed by atoms with van der Waals surface area (Å²) in [5.74, 6) is 0. The molecule has 0 spiro atoms. The average molecular weight is 395 g/mol. The Morgan fingerprint density at radius 3 is 2.19 bits per heavy atom. The van der Waals surface area contributed by atoms with Crippen LogP contribution in [0.4, 0.5) is 18.9 Å². The fraction of sp³-hybridized carbons (Fsp3) is 0.450. The second kappa shape index (κ2) is 7.40. The molecule has 2 aromatic rings. The van der Waals surface area contributed by atoms with E-state index in [-0.39, 0.29) is 5.16 Å². The third kappa shape index (κ3) is 3.97. The van der Waals surface area contributed by atoms with Crippen LogP contribution < -0.4 is 5.30 Å². The van der Waals surface area contributed by atoms with Gasteiger partial charge in [0, 0.05) is 35.9 Å². The van der Waals surface area contributed by atoms with Gasteiger partial charge in [-0.2, -0.15) is 13.2 Å². The van der Waals surface area contributed by atoms with Crippen LogP contribution in [0.5, 0.6) is 0 Å². The number of halogens is 3. The molecule has 1 fully saturated rings. The second-order valence-corrected chi connectivity index (χ2v) is 11.6. The van der Waals surface area contributed by atoms with Crippen molar-refractivity contribution in [3.63, 3.8) is 0 Å². The fourth-order valence-electron chi connectivity index (χ4n) is 3.70. The summed E-state index contributed by atoms with van der Waals surface area (Å²) in [6.45, 7) is 8.23. The number of hydrogen-bond donors (Lipinski definition) is 0. The minimum absolute atomic E-state index is 0.229. The molecule has 0 aliphatic carbocycles. The van der Waals surface area contributed by atoms with E-state index in [2.05, 4.69) is 30.4 Å². The molecular weight excluding hydrogens is 370 g/mol. The van der Waals surface area contributed by atoms with Gasteiger partial charge < -0.3 is 0 Å². The third-order valence-electron chi connectivity index (χ3n) is 4.88. The van der Waals surface area contributed by atoms with Gasteiger partial charge in [0.25, 0.3) is 0 Å². The SMILES string of the molecule is CC(C)(C)P(=Nc1cccc(C(F)(F)F)c1)(c1ccncc1)N1CCCC1. The highest BCUT2D eigenvalue weighted by molar-refractivity contribution is 7.73. The zero-order valence-corrected chi connectivity index (χ0v) is 16.8. The lowest BCUT2D eigenvalue weighted by molar-refractivity contribution is -0.137. The molecule has 146 valence electrons. The topological polar surface area (TPSA) is 28.5 Å². The summed E-state index contributed by atoms with van der Waals surface area (Å²) >= 11 is 0. The van der Waals surface area contributed by atoms with Crippen molar-refractivity contribution >= 4 is 18.2 Å². The predicted octanol–water partition coefficient (Wildman–Crippen LogP) is 6.07. The molecule has 1 saturated heterocycles. The summed E-state index contributed by atoms with van der Waals surface area (Å²) in [6, 6.07) is 9.31. The van der Waals surface area contributed by atoms with Crippen LogP contribution in [0.3, 0.4) is 0 Å². The quantitative estimate of drug-likeness (QED) is 0.590. The number of alkyl halides is 3. The van der Waals surface area contributed by atoms with Gasteiger partial charge >= 0.3 is 6.18 Å². The van der Waals surface area contributed by atoms with Crippen molar-refractivity contribution < 1.29 is 13.2 Å². The summed E-state index contributed by atoms with van der Waals surface area (Å²) in [5, 5.41) is 0.830. The van der Waals surface area contributed by atoms with Crippen LogP contribution in [0.2, 0.25) is 0 Å². The van der Waals surface area contributed by atoms with Crippen LogP contribution in [0.25, 0.3) is 0 Å². The van der Waals surface area contributed by atoms with Gasteiger partial charge in [0.2, 0.25) is 0 Å². The zero-order valence-electron chi connectivity index (χ0n) is 15.9. The van der Waals surface area contributed by atoms with Gasteiger partial charge in [-0.1, -0.05) is 26.8 Å². The molecule has 3 nitrogen and oxygen atoms in total. The molecule has 0 N–H and O–H groups in total. The molecule has 1 unspecified atom stereocenters. The van der Waals surface area contributed by atoms with Crippen LogP contribution in [0.1, 0.15) is 39.2 Å². The maximum absolute atomic E-state index is 13.2. The molecule has 1 aromatic carbocycles. The van der Waals surface area contributed by atoms with Gasteiger partial charge in [0.15, 0.2) is 0 Å². The summed E-state index contributed by atoms with van der Waals surface area (Å²) in [5.41, 5.74) is -0.274. The smallest absolute Gasteiger partial charge is 0.265 e. The molecule has 1 aliphatic rings. The number of nitrogens with zero attached hydrogens (tertiary/aromatic N) is 3. The molecule has 0 bridgehead atoms. The standard InChI is InChI=1S/C20H25F3N3P/c1-19(2,3)27(26-13-4-5-14-26,18-9-11-24-12-10-18)25-17-8-6-7-16(15-17)20(21,22)23/h6-12,15H,4-5,13-14H2,1-3H3. The highest BCUT2D eigenvalue weighted by atomic mass is 31.2. The minimum Gasteiger partial charge on any atom is -0.265 e. The first kappa shape index (κ1) is 20.1. The lowest BCUT2D eigenvalue weighted by atomic mass is 10.2. The lowest BCUT2D eigenvalue weighted by Crippen LogP contribution is -2.35. The van der Waals surface area contributed by atoms with Gasteiger partial charge in [-0.05, 0) is 43.2 Å². The highest BCUT2D eigenvalue weighted by Crippen LogP contribution is 2.64. The van der Waals surface area contributed by atoms with E-state index >= 15 is 0 Å². The summed E-state index contributed by atoms with van der Waals surface area (Å²) in [7, 11) is -2.32. The van der Waals surface area contributed by atoms with Crippen molar-refractivity contribution in [2.45, 2.75) is 44.9 Å². The summed E-state index contributed by atoms with van der Waals surface area (Å²) in [4.78, 5) is 4.13. The zero-order chi connectivity index (χ0) is 19.7. The van der Waals surface area contributed by atoms with E-state index in [1.165, 1.54) is 6.07 Å². The first-order valence-corrected chi connectivity index (χ1v) is 10.8. The minimum atomic E-state index is -4.38. The van der Waals surface area contributed by atoms with E-state index < -0.39 is 18.9 Å². The van der Waals surface area contributed by atoms with Crippen molar-refractivity contribution in [2.75, 3.05) is 13.1 Å². The average Bonchev–Trinajstić information content (AvgIpc) is 3.13. The Balaban J connectivity index is 2.28. The predicted molar refractivity (Wildman–Crippen MR) is 105 cm³/mol. The molecule has 0 radical (unpaired) electrons. The van der Waals surface area contributed by atoms with Crippen molar-refractivity contribution in [1.29, 1.82) is 0 Å². The van der Waals surface area contributed by atoms with Gasteiger partial charge in [-0.25, -0.2) is 4.74 Å². The maximum Gasteiger partial charge on any atom is 0.416 e. The molecule has 7 heteroatoms. The number of hydrogen-bond acceptors (Lipinski definition) is 2. The maximum atomic E-state index is 13.2. The van der Waals surface area contributed by atoms with E-state index in [0.717, 1.165) is 43.4 Å². The van der Waals surface area contributed by atoms with E-state index in [9.17, 15) is 13.2 Å². The Bertz CT molecular complexity index is 836. The third-order valence-corrected chi connectivity index (χ3v) is 9.51. The molecule has 27 heavy (non-hydrogen) atoms. The monoisotopic (exact) mass is 395 g/mol. The number of benzene rings is 1. The van der Waals surface area contributed by atoms with Crippen LogP contribution in [0.15, 0.2) is 53.5 Å². The van der Waals surface area contributed by atoms with Crippen LogP contribution in [-0.4, -0.2) is 27.9 Å². The molecule has 2 heterocycles. The Labute approximate surface area is 158 Å². The van der Waals surface area contributed by atoms with Crippen molar-refractivity contribution in [3.05, 3.63) is 54.4 Å². The molecule has 0 saturated carbocycles. The number of rotatable bonds is 3. The van der Waals surface area contributed by atoms with E-state index in [1.807, 2.05) is 12.1 Å². The fourth-order valence-corrected chi connectivity index (χ4v) is 8.06. The van der Waals surface area contributed by atoms with Gasteiger partial charge in [0.05, 0.1) is 18.5 Å². The molecule has 0 amide bonds. The van der Waals surface area contributed by atoms with Crippen LogP contribution in [0, 0.1) is 0 Å². The molecular formula is C20H25F3N3P. The van der Waals surface area contributed by atoms with E-state index in [0.29, 0.717) is 5.69 Å². The first-order valence-electron chi connectivity index (χ1n) is 9.10. The number of aromatic nitrogens is 1. The van der Waals surface area contributed by atoms with E-state index in [1.54, 1.807) is 18.5 Å². The van der Waals surface area contributed by atoms with Gasteiger partial charge in [-0.3, -0.25) is 9.65 Å². The molecule has 1 aromatic heterocycles. The van der Waals surface area contributed by atoms with Crippen molar-refractivity contribution in [2.24, 2.45) is 4.74 Å². The Hall–Kier alpha value is -1.65. The lowest BCUT2D eigenvalue weighted by Gasteiger charge is -2.44. The Morgan fingerprint density at radius 1 is 1.00 bits per heavy atom. The van der Waals surface area contributed by atoms with Crippen molar-refractivity contribution in [3.8, 4) is 0 Å². The normalized spacial score (nSPS) is 18.3. The van der Waals surface area contributed by atoms with Gasteiger partial charge in [-0.15, -0.1) is 0 Å². The largest absolute Gasteiger partial charge is 0.416 e. The highest BCUT2D eigenvalue weighted by Gasteiger charge is 2.42. The molecule has 3 rings (SSSR count). The van der Waals surface area contributed by atoms with Crippen LogP contribution in [-0.2, 0) is 6.18 Å². The number of pyridine rings is 1. The van der Waals surface area contributed by atoms with Gasteiger partial charge in [0.1, 0.15) is 0 Å². The summed E-state index contributed by atoms with van der Waals surface area (Å²) < 4.78 is 47.1. The van der Waals surface area contributed by atoms with Crippen LogP contribution >= 0.6 is 7.21 Å². The molecule has 1 atom stereocenters. The van der Waals surface area contributed by atoms with E-state index in [4.69, 9.17) is 4.74 Å². The second-order valence-electron chi connectivity index (χ2n) is 7.79. The van der Waals surface area contributed by atoms with Crippen molar-refractivity contribution in [1.82, 2.24) is 9.65 Å². The molecule has 1 aliphatic heterocycles. The summed E-state index contributed by atoms with van der Waals surface area (Å²) in [6.07, 6.45) is 1.28.